The van der Waals surface area contributed by atoms with Gasteiger partial charge in [-0.05, 0) is 6.92 Å². The number of oxime groups is 1. The van der Waals surface area contributed by atoms with Gasteiger partial charge in [0.2, 0.25) is 12.3 Å². The molecule has 2 saturated heterocycles. The molecule has 0 bridgehead atoms. The molecule has 2 aromatic rings. The number of hydrogen-bond donors (Lipinski definition) is 3. The van der Waals surface area contributed by atoms with E-state index in [0.29, 0.717) is 10.7 Å². The number of aromatic nitrogens is 3. The first kappa shape index (κ1) is 28.1. The fraction of sp³-hybridized carbons (Fsp3) is 0.400. The Balaban J connectivity index is 1.46. The van der Waals surface area contributed by atoms with Crippen molar-refractivity contribution < 1.29 is 29.1 Å². The third kappa shape index (κ3) is 5.73. The van der Waals surface area contributed by atoms with E-state index in [9.17, 15) is 24.3 Å². The molecule has 200 valence electrons. The largest absolute Gasteiger partial charge is 0.481 e. The number of rotatable bonds is 11. The monoisotopic (exact) mass is 615 g/mol. The summed E-state index contributed by atoms with van der Waals surface area (Å²) in [7, 11) is 0. The van der Waals surface area contributed by atoms with E-state index in [1.165, 1.54) is 39.8 Å². The number of carboxylic acids is 1. The van der Waals surface area contributed by atoms with Crippen LogP contribution in [0.5, 0.6) is 0 Å². The van der Waals surface area contributed by atoms with E-state index in [0.717, 1.165) is 16.3 Å². The molecular formula is C20H18ClN7O6S4. The first-order valence-corrected chi connectivity index (χ1v) is 14.6. The summed E-state index contributed by atoms with van der Waals surface area (Å²) in [6.45, 7) is 1.56. The minimum absolute atomic E-state index is 0.0130. The number of carbonyl (C=O) groups is 4. The zero-order valence-corrected chi connectivity index (χ0v) is 23.4. The van der Waals surface area contributed by atoms with E-state index >= 15 is 0 Å². The topological polar surface area (TPSA) is 176 Å². The molecular weight excluding hydrogens is 598 g/mol. The van der Waals surface area contributed by atoms with Crippen LogP contribution in [-0.4, -0.2) is 91.2 Å². The number of terminal acetylenes is 1. The Kier molecular flexibility index (Phi) is 8.78. The molecule has 3 N–H and O–H groups in total. The van der Waals surface area contributed by atoms with Gasteiger partial charge in [0.05, 0.1) is 0 Å². The number of anilines is 1. The number of carbonyl (C=O) groups excluding carboxylic acids is 3. The van der Waals surface area contributed by atoms with Crippen LogP contribution in [0, 0.1) is 24.7 Å². The van der Waals surface area contributed by atoms with Crippen LogP contribution in [0.25, 0.3) is 0 Å². The molecule has 3 amide bonds. The van der Waals surface area contributed by atoms with E-state index in [-0.39, 0.29) is 45.5 Å². The molecule has 2 aliphatic heterocycles. The van der Waals surface area contributed by atoms with Crippen molar-refractivity contribution in [1.82, 2.24) is 25.4 Å². The number of thiazole rings is 1. The average molecular weight is 616 g/mol. The van der Waals surface area contributed by atoms with Gasteiger partial charge in [-0.15, -0.1) is 28.4 Å². The highest BCUT2D eigenvalue weighted by Crippen LogP contribution is 2.44. The Hall–Kier alpha value is -2.91. The second kappa shape index (κ2) is 11.9. The van der Waals surface area contributed by atoms with Crippen LogP contribution < -0.4 is 10.6 Å². The molecule has 2 aliphatic rings. The van der Waals surface area contributed by atoms with Crippen molar-refractivity contribution in [1.29, 1.82) is 0 Å². The third-order valence-corrected chi connectivity index (χ3v) is 10.4. The van der Waals surface area contributed by atoms with Crippen LogP contribution in [0.1, 0.15) is 10.7 Å². The molecule has 3 atom stereocenters. The van der Waals surface area contributed by atoms with Gasteiger partial charge in [-0.3, -0.25) is 19.2 Å². The van der Waals surface area contributed by atoms with E-state index in [1.807, 2.05) is 6.92 Å². The summed E-state index contributed by atoms with van der Waals surface area (Å²) >= 11 is 11.0. The van der Waals surface area contributed by atoms with Gasteiger partial charge in [0, 0.05) is 18.1 Å². The first-order valence-electron chi connectivity index (χ1n) is 10.6. The summed E-state index contributed by atoms with van der Waals surface area (Å²) in [6.07, 6.45) is 5.57. The Bertz CT molecular complexity index is 1340. The molecule has 4 heterocycles. The Morgan fingerprint density at radius 3 is 2.89 bits per heavy atom. The summed E-state index contributed by atoms with van der Waals surface area (Å²) < 4.78 is 0.705. The summed E-state index contributed by atoms with van der Waals surface area (Å²) in [5.41, 5.74) is -1.59. The quantitative estimate of drug-likeness (QED) is 0.0628. The zero-order chi connectivity index (χ0) is 27.4. The number of fused-ring (bicyclic) bond motifs is 1. The van der Waals surface area contributed by atoms with Crippen LogP contribution in [0.15, 0.2) is 9.50 Å². The average Bonchev–Trinajstić information content (AvgIpc) is 3.48. The number of amides is 3. The summed E-state index contributed by atoms with van der Waals surface area (Å²) in [5, 5.41) is 27.1. The van der Waals surface area contributed by atoms with Crippen molar-refractivity contribution >= 4 is 92.8 Å². The highest BCUT2D eigenvalue weighted by Gasteiger charge is 2.57. The first-order chi connectivity index (χ1) is 18.2. The molecule has 2 fully saturated rings. The number of aliphatic carboxylic acids is 1. The van der Waals surface area contributed by atoms with Gasteiger partial charge in [-0.1, -0.05) is 57.1 Å². The van der Waals surface area contributed by atoms with E-state index in [2.05, 4.69) is 36.9 Å². The standard InChI is InChI=1S/C20H18ClN7O6S4/c1-3-4-34-27-11(10-13(21)38-18(24-10)22-8-29)14(30)23-12-15(31)28-5-20(17(32)33,6-35-16(12)28)7-36-19-26-25-9(2)37-19/h1,8,12,16H,4-7H2,2H3,(H,23,30)(H,32,33)(H,22,24,29)/t12?,16-,20?/m1/s1. The Morgan fingerprint density at radius 1 is 1.45 bits per heavy atom. The van der Waals surface area contributed by atoms with E-state index < -0.39 is 34.6 Å². The number of halogens is 1. The number of hydrogen-bond acceptors (Lipinski definition) is 13. The Morgan fingerprint density at radius 2 is 2.24 bits per heavy atom. The number of aryl methyl sites for hydroxylation is 1. The van der Waals surface area contributed by atoms with Gasteiger partial charge in [0.1, 0.15) is 31.9 Å². The molecule has 13 nitrogen and oxygen atoms in total. The van der Waals surface area contributed by atoms with Crippen molar-refractivity contribution in [2.24, 2.45) is 10.6 Å². The smallest absolute Gasteiger partial charge is 0.313 e. The lowest BCUT2D eigenvalue weighted by Crippen LogP contribution is -2.74. The van der Waals surface area contributed by atoms with E-state index in [4.69, 9.17) is 22.9 Å². The normalized spacial score (nSPS) is 22.6. The van der Waals surface area contributed by atoms with Gasteiger partial charge < -0.3 is 25.5 Å². The fourth-order valence-electron chi connectivity index (χ4n) is 3.54. The van der Waals surface area contributed by atoms with Gasteiger partial charge >= 0.3 is 5.97 Å². The third-order valence-electron chi connectivity index (χ3n) is 5.38. The second-order valence-corrected chi connectivity index (χ2v) is 13.0. The van der Waals surface area contributed by atoms with Gasteiger partial charge in [0.25, 0.3) is 5.91 Å². The number of carboxylic acid groups (broad SMARTS) is 1. The lowest BCUT2D eigenvalue weighted by Gasteiger charge is -2.53. The summed E-state index contributed by atoms with van der Waals surface area (Å²) in [5.74, 6) is 0.382. The molecule has 2 aromatic heterocycles. The van der Waals surface area contributed by atoms with Gasteiger partial charge in [-0.25, -0.2) is 4.98 Å². The van der Waals surface area contributed by atoms with Crippen LogP contribution in [0.3, 0.4) is 0 Å². The van der Waals surface area contributed by atoms with Crippen molar-refractivity contribution in [2.45, 2.75) is 22.7 Å². The highest BCUT2D eigenvalue weighted by molar-refractivity contribution is 8.01. The van der Waals surface area contributed by atoms with Gasteiger partial charge in [0.15, 0.2) is 21.8 Å². The lowest BCUT2D eigenvalue weighted by atomic mass is 9.89. The predicted octanol–water partition coefficient (Wildman–Crippen LogP) is 1.14. The molecule has 0 saturated carbocycles. The number of β-lactam (4-membered cyclic amide) rings is 1. The predicted molar refractivity (Wildman–Crippen MR) is 143 cm³/mol. The maximum atomic E-state index is 13.1. The molecule has 4 rings (SSSR count). The van der Waals surface area contributed by atoms with Crippen LogP contribution in [0.2, 0.25) is 4.34 Å². The van der Waals surface area contributed by atoms with Crippen LogP contribution >= 0.6 is 57.8 Å². The molecule has 38 heavy (non-hydrogen) atoms. The SMILES string of the molecule is C#CCON=C(C(=O)NC1C(=O)N2CC(CSc3nnc(C)s3)(C(=O)O)CS[C@H]12)c1nc(NC=O)sc1Cl. The molecule has 0 aliphatic carbocycles. The lowest BCUT2D eigenvalue weighted by molar-refractivity contribution is -0.157. The van der Waals surface area contributed by atoms with Gasteiger partial charge in [-0.2, -0.15) is 0 Å². The minimum Gasteiger partial charge on any atom is -0.481 e. The maximum Gasteiger partial charge on any atom is 0.313 e. The molecule has 18 heteroatoms. The Labute approximate surface area is 237 Å². The highest BCUT2D eigenvalue weighted by atomic mass is 35.5. The minimum atomic E-state index is -1.19. The fourth-order valence-corrected chi connectivity index (χ4v) is 8.22. The van der Waals surface area contributed by atoms with Crippen LogP contribution in [-0.2, 0) is 24.0 Å². The number of nitrogens with one attached hydrogen (secondary N) is 2. The van der Waals surface area contributed by atoms with Crippen molar-refractivity contribution in [3.8, 4) is 12.3 Å². The number of thioether (sulfide) groups is 2. The zero-order valence-electron chi connectivity index (χ0n) is 19.4. The molecule has 0 radical (unpaired) electrons. The second-order valence-electron chi connectivity index (χ2n) is 7.90. The van der Waals surface area contributed by atoms with Crippen molar-refractivity contribution in [3.63, 3.8) is 0 Å². The molecule has 0 spiro atoms. The maximum absolute atomic E-state index is 13.1. The van der Waals surface area contributed by atoms with Crippen molar-refractivity contribution in [3.05, 3.63) is 15.0 Å². The molecule has 0 aromatic carbocycles. The van der Waals surface area contributed by atoms with Crippen molar-refractivity contribution in [2.75, 3.05) is 30.0 Å². The summed E-state index contributed by atoms with van der Waals surface area (Å²) in [6, 6.07) is -0.930. The summed E-state index contributed by atoms with van der Waals surface area (Å²) in [4.78, 5) is 59.6. The molecule has 2 unspecified atom stereocenters. The number of nitrogens with zero attached hydrogens (tertiary/aromatic N) is 5. The van der Waals surface area contributed by atoms with Crippen LogP contribution in [0.4, 0.5) is 5.13 Å². The van der Waals surface area contributed by atoms with E-state index in [1.54, 1.807) is 0 Å².